The molecule has 0 radical (unpaired) electrons. The zero-order valence-electron chi connectivity index (χ0n) is 10.9. The molecule has 104 valence electrons. The maximum absolute atomic E-state index is 11.3. The summed E-state index contributed by atoms with van der Waals surface area (Å²) in [7, 11) is 1.91. The molecule has 4 N–H and O–H groups in total. The van der Waals surface area contributed by atoms with E-state index < -0.39 is 6.10 Å². The highest BCUT2D eigenvalue weighted by atomic mass is 16.5. The lowest BCUT2D eigenvalue weighted by Crippen LogP contribution is -2.33. The van der Waals surface area contributed by atoms with E-state index in [0.717, 1.165) is 5.56 Å². The first kappa shape index (κ1) is 13.8. The van der Waals surface area contributed by atoms with Gasteiger partial charge in [0.25, 0.3) is 5.91 Å². The van der Waals surface area contributed by atoms with E-state index in [2.05, 4.69) is 5.32 Å². The molecular formula is C13H19N3O3. The third kappa shape index (κ3) is 3.66. The van der Waals surface area contributed by atoms with Crippen molar-refractivity contribution in [3.8, 4) is 5.75 Å². The summed E-state index contributed by atoms with van der Waals surface area (Å²) in [5, 5.41) is 12.3. The number of fused-ring (bicyclic) bond motifs is 1. The Morgan fingerprint density at radius 3 is 3.11 bits per heavy atom. The van der Waals surface area contributed by atoms with Crippen LogP contribution in [0.2, 0.25) is 0 Å². The molecule has 19 heavy (non-hydrogen) atoms. The molecule has 1 atom stereocenters. The smallest absolute Gasteiger partial charge is 0.262 e. The Labute approximate surface area is 112 Å². The summed E-state index contributed by atoms with van der Waals surface area (Å²) >= 11 is 0. The third-order valence-corrected chi connectivity index (χ3v) is 2.92. The predicted octanol–water partition coefficient (Wildman–Crippen LogP) is -0.231. The number of nitrogens with one attached hydrogen (secondary N) is 1. The van der Waals surface area contributed by atoms with Crippen molar-refractivity contribution in [1.82, 2.24) is 4.90 Å². The van der Waals surface area contributed by atoms with Gasteiger partial charge in [0.05, 0.1) is 11.8 Å². The molecule has 2 rings (SSSR count). The van der Waals surface area contributed by atoms with Gasteiger partial charge in [-0.15, -0.1) is 0 Å². The summed E-state index contributed by atoms with van der Waals surface area (Å²) in [5.74, 6) is 0.546. The number of anilines is 1. The molecular weight excluding hydrogens is 246 g/mol. The Bertz CT molecular complexity index is 464. The Morgan fingerprint density at radius 2 is 2.37 bits per heavy atom. The second-order valence-electron chi connectivity index (χ2n) is 4.75. The van der Waals surface area contributed by atoms with Crippen LogP contribution in [0.15, 0.2) is 18.2 Å². The first-order valence-corrected chi connectivity index (χ1v) is 6.20. The van der Waals surface area contributed by atoms with Gasteiger partial charge >= 0.3 is 0 Å². The monoisotopic (exact) mass is 265 g/mol. The van der Waals surface area contributed by atoms with Crippen LogP contribution in [0.3, 0.4) is 0 Å². The van der Waals surface area contributed by atoms with Gasteiger partial charge in [-0.05, 0) is 24.7 Å². The molecule has 0 aliphatic carbocycles. The Kier molecular flexibility index (Phi) is 4.36. The van der Waals surface area contributed by atoms with Crippen LogP contribution >= 0.6 is 0 Å². The average Bonchev–Trinajstić information content (AvgIpc) is 2.37. The standard InChI is InChI=1S/C13H19N3O3/c1-16(7-10(17)5-14)6-9-2-3-12-11(4-9)15-13(18)8-19-12/h2-4,10,17H,5-8,14H2,1H3,(H,15,18). The number of hydrogen-bond donors (Lipinski definition) is 3. The summed E-state index contributed by atoms with van der Waals surface area (Å²) in [6.07, 6.45) is -0.523. The molecule has 1 aliphatic heterocycles. The maximum Gasteiger partial charge on any atom is 0.262 e. The van der Waals surface area contributed by atoms with Crippen molar-refractivity contribution in [1.29, 1.82) is 0 Å². The van der Waals surface area contributed by atoms with E-state index in [4.69, 9.17) is 10.5 Å². The van der Waals surface area contributed by atoms with E-state index in [9.17, 15) is 9.90 Å². The van der Waals surface area contributed by atoms with Crippen LogP contribution in [0, 0.1) is 0 Å². The van der Waals surface area contributed by atoms with Gasteiger partial charge < -0.3 is 20.9 Å². The van der Waals surface area contributed by atoms with Crippen LogP contribution < -0.4 is 15.8 Å². The number of carbonyl (C=O) groups is 1. The van der Waals surface area contributed by atoms with Gasteiger partial charge in [-0.1, -0.05) is 6.07 Å². The average molecular weight is 265 g/mol. The fourth-order valence-electron chi connectivity index (χ4n) is 2.04. The highest BCUT2D eigenvalue weighted by Crippen LogP contribution is 2.28. The number of likely N-dealkylation sites (N-methyl/N-ethyl adjacent to an activating group) is 1. The maximum atomic E-state index is 11.3. The summed E-state index contributed by atoms with van der Waals surface area (Å²) in [6.45, 7) is 1.49. The first-order valence-electron chi connectivity index (χ1n) is 6.20. The zero-order chi connectivity index (χ0) is 13.8. The van der Waals surface area contributed by atoms with Gasteiger partial charge in [0.1, 0.15) is 5.75 Å². The second kappa shape index (κ2) is 6.01. The molecule has 1 aliphatic rings. The number of aliphatic hydroxyl groups is 1. The summed E-state index contributed by atoms with van der Waals surface area (Å²) < 4.78 is 5.30. The quantitative estimate of drug-likeness (QED) is 0.684. The number of hydrogen-bond acceptors (Lipinski definition) is 5. The predicted molar refractivity (Wildman–Crippen MR) is 72.0 cm³/mol. The molecule has 0 saturated heterocycles. The zero-order valence-corrected chi connectivity index (χ0v) is 10.9. The number of aliphatic hydroxyl groups excluding tert-OH is 1. The molecule has 1 heterocycles. The second-order valence-corrected chi connectivity index (χ2v) is 4.75. The van der Waals surface area contributed by atoms with Crippen LogP contribution in [-0.2, 0) is 11.3 Å². The molecule has 0 aromatic heterocycles. The van der Waals surface area contributed by atoms with Gasteiger partial charge in [-0.25, -0.2) is 0 Å². The van der Waals surface area contributed by atoms with Crippen molar-refractivity contribution >= 4 is 11.6 Å². The molecule has 1 amide bonds. The lowest BCUT2D eigenvalue weighted by atomic mass is 10.1. The number of nitrogens with two attached hydrogens (primary N) is 1. The van der Waals surface area contributed by atoms with Gasteiger partial charge in [0.15, 0.2) is 6.61 Å². The van der Waals surface area contributed by atoms with E-state index in [-0.39, 0.29) is 19.1 Å². The van der Waals surface area contributed by atoms with Crippen molar-refractivity contribution in [3.63, 3.8) is 0 Å². The summed E-state index contributed by atoms with van der Waals surface area (Å²) in [6, 6.07) is 5.68. The van der Waals surface area contributed by atoms with Crippen molar-refractivity contribution in [3.05, 3.63) is 23.8 Å². The lowest BCUT2D eigenvalue weighted by Gasteiger charge is -2.22. The van der Waals surface area contributed by atoms with Crippen molar-refractivity contribution < 1.29 is 14.6 Å². The van der Waals surface area contributed by atoms with Crippen molar-refractivity contribution in [2.24, 2.45) is 5.73 Å². The highest BCUT2D eigenvalue weighted by molar-refractivity contribution is 5.95. The lowest BCUT2D eigenvalue weighted by molar-refractivity contribution is -0.118. The molecule has 0 fully saturated rings. The van der Waals surface area contributed by atoms with E-state index >= 15 is 0 Å². The molecule has 0 saturated carbocycles. The molecule has 6 heteroatoms. The van der Waals surface area contributed by atoms with Crippen LogP contribution in [0.4, 0.5) is 5.69 Å². The molecule has 1 aromatic carbocycles. The van der Waals surface area contributed by atoms with Gasteiger partial charge in [0.2, 0.25) is 0 Å². The third-order valence-electron chi connectivity index (χ3n) is 2.92. The Balaban J connectivity index is 2.01. The first-order chi connectivity index (χ1) is 9.08. The molecule has 0 spiro atoms. The highest BCUT2D eigenvalue weighted by Gasteiger charge is 2.16. The Hall–Kier alpha value is -1.63. The van der Waals surface area contributed by atoms with Crippen molar-refractivity contribution in [2.45, 2.75) is 12.6 Å². The molecule has 1 unspecified atom stereocenters. The summed E-state index contributed by atoms with van der Waals surface area (Å²) in [5.41, 5.74) is 7.11. The molecule has 0 bridgehead atoms. The van der Waals surface area contributed by atoms with Crippen molar-refractivity contribution in [2.75, 3.05) is 32.1 Å². The minimum atomic E-state index is -0.523. The number of rotatable bonds is 5. The Morgan fingerprint density at radius 1 is 1.58 bits per heavy atom. The van der Waals surface area contributed by atoms with Gasteiger partial charge in [-0.2, -0.15) is 0 Å². The van der Waals surface area contributed by atoms with E-state index in [1.165, 1.54) is 0 Å². The number of nitrogens with zero attached hydrogens (tertiary/aromatic N) is 1. The minimum Gasteiger partial charge on any atom is -0.482 e. The largest absolute Gasteiger partial charge is 0.482 e. The fourth-order valence-corrected chi connectivity index (χ4v) is 2.04. The SMILES string of the molecule is CN(Cc1ccc2c(c1)NC(=O)CO2)CC(O)CN. The van der Waals surface area contributed by atoms with E-state index in [0.29, 0.717) is 24.5 Å². The topological polar surface area (TPSA) is 87.8 Å². The normalized spacial score (nSPS) is 15.7. The molecule has 1 aromatic rings. The molecule has 6 nitrogen and oxygen atoms in total. The van der Waals surface area contributed by atoms with Crippen LogP contribution in [0.5, 0.6) is 5.75 Å². The van der Waals surface area contributed by atoms with E-state index in [1.807, 2.05) is 30.1 Å². The fraction of sp³-hybridized carbons (Fsp3) is 0.462. The number of amides is 1. The van der Waals surface area contributed by atoms with Crippen LogP contribution in [0.25, 0.3) is 0 Å². The summed E-state index contributed by atoms with van der Waals surface area (Å²) in [4.78, 5) is 13.2. The number of benzene rings is 1. The van der Waals surface area contributed by atoms with E-state index in [1.54, 1.807) is 0 Å². The minimum absolute atomic E-state index is 0.0644. The van der Waals surface area contributed by atoms with Crippen LogP contribution in [-0.4, -0.2) is 48.8 Å². The number of carbonyl (C=O) groups excluding carboxylic acids is 1. The van der Waals surface area contributed by atoms with Gasteiger partial charge in [0, 0.05) is 19.6 Å². The van der Waals surface area contributed by atoms with Gasteiger partial charge in [-0.3, -0.25) is 9.69 Å². The van der Waals surface area contributed by atoms with Crippen LogP contribution in [0.1, 0.15) is 5.56 Å². The number of ether oxygens (including phenoxy) is 1.